The number of nitrogens with one attached hydrogen (secondary N) is 1. The van der Waals surface area contributed by atoms with Gasteiger partial charge in [-0.25, -0.2) is 10.3 Å². The molecule has 1 aromatic carbocycles. The highest BCUT2D eigenvalue weighted by atomic mass is 32.1. The number of hydrogen-bond acceptors (Lipinski definition) is 6. The first-order valence-electron chi connectivity index (χ1n) is 13.5. The van der Waals surface area contributed by atoms with E-state index in [2.05, 4.69) is 39.8 Å². The molecule has 0 aliphatic carbocycles. The van der Waals surface area contributed by atoms with Crippen LogP contribution in [0.1, 0.15) is 58.8 Å². The largest absolute Gasteiger partial charge is 0.366 e. The van der Waals surface area contributed by atoms with Gasteiger partial charge in [0.15, 0.2) is 0 Å². The lowest BCUT2D eigenvalue weighted by Gasteiger charge is -2.40. The number of benzene rings is 1. The summed E-state index contributed by atoms with van der Waals surface area (Å²) in [6.07, 6.45) is 7.20. The molecular weight excluding hydrogens is 510 g/mol. The highest BCUT2D eigenvalue weighted by Gasteiger charge is 2.30. The first kappa shape index (κ1) is 28.7. The summed E-state index contributed by atoms with van der Waals surface area (Å²) >= 11 is 1.64. The monoisotopic (exact) mass is 549 g/mol. The third-order valence-corrected chi connectivity index (χ3v) is 8.64. The number of hydroxylamine groups is 1. The molecule has 39 heavy (non-hydrogen) atoms. The van der Waals surface area contributed by atoms with Crippen LogP contribution in [0.2, 0.25) is 0 Å². The number of nitrogens with zero attached hydrogens (tertiary/aromatic N) is 3. The minimum Gasteiger partial charge on any atom is -0.366 e. The molecule has 0 spiro atoms. The Balaban J connectivity index is 1.44. The molecule has 1 aliphatic rings. The third kappa shape index (κ3) is 6.84. The zero-order chi connectivity index (χ0) is 27.9. The van der Waals surface area contributed by atoms with Gasteiger partial charge in [-0.05, 0) is 109 Å². The quantitative estimate of drug-likeness (QED) is 0.343. The zero-order valence-corrected chi connectivity index (χ0v) is 24.1. The van der Waals surface area contributed by atoms with Crippen LogP contribution in [-0.4, -0.2) is 59.0 Å². The minimum absolute atomic E-state index is 0.152. The molecule has 1 atom stereocenters. The average molecular weight is 550 g/mol. The van der Waals surface area contributed by atoms with Gasteiger partial charge in [0.05, 0.1) is 7.11 Å². The number of carbonyl (C=O) groups is 2. The number of thiophene rings is 1. The van der Waals surface area contributed by atoms with Crippen LogP contribution in [0.15, 0.2) is 47.4 Å². The number of primary amides is 1. The van der Waals surface area contributed by atoms with Crippen LogP contribution in [0.4, 0.5) is 4.79 Å². The molecule has 1 fully saturated rings. The Labute approximate surface area is 235 Å². The van der Waals surface area contributed by atoms with Gasteiger partial charge in [-0.2, -0.15) is 11.3 Å². The molecule has 3 N–H and O–H groups in total. The number of urea groups is 1. The van der Waals surface area contributed by atoms with Gasteiger partial charge in [-0.1, -0.05) is 6.07 Å². The van der Waals surface area contributed by atoms with Gasteiger partial charge in [0.2, 0.25) is 5.91 Å². The molecule has 9 heteroatoms. The van der Waals surface area contributed by atoms with E-state index in [4.69, 9.17) is 10.6 Å². The Kier molecular flexibility index (Phi) is 9.72. The van der Waals surface area contributed by atoms with Gasteiger partial charge in [-0.15, -0.1) is 0 Å². The van der Waals surface area contributed by atoms with E-state index in [0.717, 1.165) is 66.6 Å². The molecule has 0 unspecified atom stereocenters. The van der Waals surface area contributed by atoms with E-state index < -0.39 is 0 Å². The van der Waals surface area contributed by atoms with Crippen molar-refractivity contribution in [2.75, 3.05) is 20.2 Å². The van der Waals surface area contributed by atoms with Gasteiger partial charge in [0.25, 0.3) is 0 Å². The molecule has 4 rings (SSSR count). The van der Waals surface area contributed by atoms with Gasteiger partial charge in [0, 0.05) is 49.7 Å². The normalized spacial score (nSPS) is 15.2. The van der Waals surface area contributed by atoms with Crippen molar-refractivity contribution in [2.45, 2.75) is 65.1 Å². The molecule has 8 nitrogen and oxygen atoms in total. The second-order valence-electron chi connectivity index (χ2n) is 10.3. The second-order valence-corrected chi connectivity index (χ2v) is 11.1. The van der Waals surface area contributed by atoms with Crippen molar-refractivity contribution >= 4 is 23.3 Å². The fourth-order valence-corrected chi connectivity index (χ4v) is 6.44. The summed E-state index contributed by atoms with van der Waals surface area (Å²) in [5, 5.41) is 4.12. The van der Waals surface area contributed by atoms with Crippen LogP contribution in [0, 0.1) is 13.8 Å². The topological polar surface area (TPSA) is 101 Å². The maximum atomic E-state index is 12.8. The minimum atomic E-state index is -0.382. The number of carbonyl (C=O) groups excluding carboxylic acids is 2. The maximum absolute atomic E-state index is 12.8. The smallest absolute Gasteiger partial charge is 0.341 e. The molecule has 0 saturated carbocycles. The van der Waals surface area contributed by atoms with Crippen molar-refractivity contribution in [3.8, 4) is 11.1 Å². The molecule has 3 aromatic rings. The van der Waals surface area contributed by atoms with Crippen LogP contribution in [-0.2, 0) is 17.8 Å². The average Bonchev–Trinajstić information content (AvgIpc) is 3.45. The third-order valence-electron chi connectivity index (χ3n) is 7.90. The number of hydrogen-bond donors (Lipinski definition) is 2. The van der Waals surface area contributed by atoms with Crippen molar-refractivity contribution < 1.29 is 14.4 Å². The van der Waals surface area contributed by atoms with Gasteiger partial charge >= 0.3 is 6.03 Å². The zero-order valence-electron chi connectivity index (χ0n) is 23.3. The number of likely N-dealkylation sites (tertiary alicyclic amines) is 1. The van der Waals surface area contributed by atoms with Crippen LogP contribution in [0.5, 0.6) is 0 Å². The highest BCUT2D eigenvalue weighted by molar-refractivity contribution is 7.07. The van der Waals surface area contributed by atoms with Crippen molar-refractivity contribution in [3.63, 3.8) is 0 Å². The predicted molar refractivity (Wildman–Crippen MR) is 155 cm³/mol. The first-order chi connectivity index (χ1) is 18.8. The summed E-state index contributed by atoms with van der Waals surface area (Å²) in [5.41, 5.74) is 15.3. The van der Waals surface area contributed by atoms with Crippen LogP contribution >= 0.6 is 11.3 Å². The number of aryl methyl sites for hydroxylation is 1. The summed E-state index contributed by atoms with van der Waals surface area (Å²) in [5.74, 6) is -0.382. The number of piperidine rings is 1. The molecular formula is C30H39N5O3S. The lowest BCUT2D eigenvalue weighted by molar-refractivity contribution is 0.0566. The van der Waals surface area contributed by atoms with Crippen LogP contribution in [0.3, 0.4) is 0 Å². The molecule has 0 radical (unpaired) electrons. The van der Waals surface area contributed by atoms with E-state index >= 15 is 0 Å². The summed E-state index contributed by atoms with van der Waals surface area (Å²) in [6, 6.07) is 8.48. The number of rotatable bonds is 10. The fourth-order valence-electron chi connectivity index (χ4n) is 5.78. The van der Waals surface area contributed by atoms with E-state index in [-0.39, 0.29) is 18.0 Å². The summed E-state index contributed by atoms with van der Waals surface area (Å²) in [6.45, 7) is 8.64. The standard InChI is InChI=1S/C30H39N5O3S/c1-20-17-27(24-7-12-32-13-8-24)26(22(3)28(20)29(31)36)6-5-21(2)34-14-9-25(10-15-34)35(30(37)33-38-4)18-23-11-16-39-19-23/h7-8,11-13,16-17,19,21,25H,5-6,9-10,14-15,18H2,1-4H3,(H2,31,36)(H,33,37)/t21-/m1/s1. The van der Waals surface area contributed by atoms with Gasteiger partial charge < -0.3 is 15.5 Å². The van der Waals surface area contributed by atoms with E-state index in [1.807, 2.05) is 36.3 Å². The Bertz CT molecular complexity index is 1260. The van der Waals surface area contributed by atoms with Crippen molar-refractivity contribution in [2.24, 2.45) is 5.73 Å². The molecule has 1 saturated heterocycles. The van der Waals surface area contributed by atoms with E-state index in [9.17, 15) is 9.59 Å². The number of aromatic nitrogens is 1. The summed E-state index contributed by atoms with van der Waals surface area (Å²) in [4.78, 5) is 38.5. The lowest BCUT2D eigenvalue weighted by atomic mass is 9.86. The molecule has 3 heterocycles. The predicted octanol–water partition coefficient (Wildman–Crippen LogP) is 5.08. The van der Waals surface area contributed by atoms with Crippen molar-refractivity contribution in [1.29, 1.82) is 0 Å². The molecule has 1 aliphatic heterocycles. The first-order valence-corrected chi connectivity index (χ1v) is 14.4. The molecule has 208 valence electrons. The summed E-state index contributed by atoms with van der Waals surface area (Å²) < 4.78 is 0. The van der Waals surface area contributed by atoms with E-state index in [1.54, 1.807) is 23.7 Å². The second kappa shape index (κ2) is 13.2. The Morgan fingerprint density at radius 2 is 1.95 bits per heavy atom. The van der Waals surface area contributed by atoms with Gasteiger partial charge in [-0.3, -0.25) is 14.6 Å². The number of nitrogens with two attached hydrogens (primary N) is 1. The number of amides is 3. The SMILES string of the molecule is CONC(=O)N(Cc1ccsc1)C1CCN([C@H](C)CCc2c(-c3ccncc3)cc(C)c(C(N)=O)c2C)CC1. The Morgan fingerprint density at radius 3 is 2.56 bits per heavy atom. The van der Waals surface area contributed by atoms with Crippen LogP contribution < -0.4 is 11.2 Å². The highest BCUT2D eigenvalue weighted by Crippen LogP contribution is 2.32. The Hall–Kier alpha value is -3.27. The van der Waals surface area contributed by atoms with Crippen LogP contribution in [0.25, 0.3) is 11.1 Å². The van der Waals surface area contributed by atoms with Crippen molar-refractivity contribution in [3.05, 3.63) is 75.2 Å². The maximum Gasteiger partial charge on any atom is 0.341 e. The van der Waals surface area contributed by atoms with Gasteiger partial charge in [0.1, 0.15) is 0 Å². The Morgan fingerprint density at radius 1 is 1.23 bits per heavy atom. The van der Waals surface area contributed by atoms with Crippen molar-refractivity contribution in [1.82, 2.24) is 20.3 Å². The fraction of sp³-hybridized carbons (Fsp3) is 0.433. The number of pyridine rings is 1. The molecule has 2 aromatic heterocycles. The van der Waals surface area contributed by atoms with E-state index in [1.165, 1.54) is 12.7 Å². The molecule has 0 bridgehead atoms. The van der Waals surface area contributed by atoms with E-state index in [0.29, 0.717) is 18.2 Å². The lowest BCUT2D eigenvalue weighted by Crippen LogP contribution is -2.51. The molecule has 3 amide bonds. The summed E-state index contributed by atoms with van der Waals surface area (Å²) in [7, 11) is 1.47.